The molecule has 116 valence electrons. The van der Waals surface area contributed by atoms with E-state index in [0.29, 0.717) is 17.2 Å². The SMILES string of the molecule is CCOC(=O)c1cnc2cc(N3CCCC3)c(C)cc2c1Cl. The van der Waals surface area contributed by atoms with Crippen LogP contribution in [0.25, 0.3) is 10.9 Å². The molecular formula is C17H19ClN2O2. The van der Waals surface area contributed by atoms with Gasteiger partial charge in [-0.1, -0.05) is 11.6 Å². The Hall–Kier alpha value is -1.81. The van der Waals surface area contributed by atoms with E-state index in [0.717, 1.165) is 29.6 Å². The summed E-state index contributed by atoms with van der Waals surface area (Å²) in [6.07, 6.45) is 3.96. The van der Waals surface area contributed by atoms with Crippen molar-refractivity contribution < 1.29 is 9.53 Å². The van der Waals surface area contributed by atoms with Crippen LogP contribution in [0.5, 0.6) is 0 Å². The minimum Gasteiger partial charge on any atom is -0.462 e. The monoisotopic (exact) mass is 318 g/mol. The van der Waals surface area contributed by atoms with Gasteiger partial charge in [0.2, 0.25) is 0 Å². The number of carbonyl (C=O) groups excluding carboxylic acids is 1. The Labute approximate surface area is 135 Å². The quantitative estimate of drug-likeness (QED) is 0.803. The molecule has 1 fully saturated rings. The van der Waals surface area contributed by atoms with Crippen LogP contribution in [0.1, 0.15) is 35.7 Å². The molecule has 0 amide bonds. The molecule has 2 aromatic rings. The van der Waals surface area contributed by atoms with Crippen molar-refractivity contribution in [2.45, 2.75) is 26.7 Å². The Bertz CT molecular complexity index is 724. The molecule has 1 aromatic carbocycles. The highest BCUT2D eigenvalue weighted by Crippen LogP contribution is 2.33. The maximum Gasteiger partial charge on any atom is 0.341 e. The zero-order valence-corrected chi connectivity index (χ0v) is 13.6. The van der Waals surface area contributed by atoms with Crippen LogP contribution in [-0.2, 0) is 4.74 Å². The number of anilines is 1. The van der Waals surface area contributed by atoms with Gasteiger partial charge in [0.15, 0.2) is 0 Å². The van der Waals surface area contributed by atoms with E-state index >= 15 is 0 Å². The molecule has 1 aliphatic rings. The van der Waals surface area contributed by atoms with Gasteiger partial charge in [-0.05, 0) is 44.4 Å². The van der Waals surface area contributed by atoms with Crippen molar-refractivity contribution in [3.63, 3.8) is 0 Å². The van der Waals surface area contributed by atoms with Crippen LogP contribution in [0.2, 0.25) is 5.02 Å². The van der Waals surface area contributed by atoms with Gasteiger partial charge in [-0.2, -0.15) is 0 Å². The van der Waals surface area contributed by atoms with Gasteiger partial charge in [0.1, 0.15) is 0 Å². The van der Waals surface area contributed by atoms with E-state index in [9.17, 15) is 4.79 Å². The van der Waals surface area contributed by atoms with Crippen LogP contribution in [-0.4, -0.2) is 30.6 Å². The van der Waals surface area contributed by atoms with Crippen LogP contribution < -0.4 is 4.90 Å². The predicted octanol–water partition coefficient (Wildman–Crippen LogP) is 3.97. The lowest BCUT2D eigenvalue weighted by Gasteiger charge is -2.21. The first-order chi connectivity index (χ1) is 10.6. The fourth-order valence-corrected chi connectivity index (χ4v) is 3.23. The molecule has 0 bridgehead atoms. The number of rotatable bonds is 3. The minimum absolute atomic E-state index is 0.320. The standard InChI is InChI=1S/C17H19ClN2O2/c1-3-22-17(21)13-10-19-14-9-15(20-6-4-5-7-20)11(2)8-12(14)16(13)18/h8-10H,3-7H2,1-2H3. The van der Waals surface area contributed by atoms with Crippen LogP contribution >= 0.6 is 11.6 Å². The highest BCUT2D eigenvalue weighted by molar-refractivity contribution is 6.38. The van der Waals surface area contributed by atoms with Crippen molar-refractivity contribution in [2.24, 2.45) is 0 Å². The average molecular weight is 319 g/mol. The lowest BCUT2D eigenvalue weighted by molar-refractivity contribution is 0.0526. The maximum atomic E-state index is 11.9. The van der Waals surface area contributed by atoms with Crippen molar-refractivity contribution >= 4 is 34.2 Å². The van der Waals surface area contributed by atoms with Gasteiger partial charge in [0.25, 0.3) is 0 Å². The van der Waals surface area contributed by atoms with Gasteiger partial charge in [0, 0.05) is 30.4 Å². The third-order valence-corrected chi connectivity index (χ3v) is 4.47. The first-order valence-corrected chi connectivity index (χ1v) is 8.00. The van der Waals surface area contributed by atoms with Crippen LogP contribution in [0.4, 0.5) is 5.69 Å². The normalized spacial score (nSPS) is 14.6. The van der Waals surface area contributed by atoms with E-state index in [1.807, 2.05) is 6.07 Å². The summed E-state index contributed by atoms with van der Waals surface area (Å²) in [7, 11) is 0. The molecule has 0 saturated carbocycles. The second-order valence-corrected chi connectivity index (χ2v) is 5.93. The molecule has 1 aromatic heterocycles. The first kappa shape index (κ1) is 15.1. The lowest BCUT2D eigenvalue weighted by Crippen LogP contribution is -2.18. The van der Waals surface area contributed by atoms with Gasteiger partial charge in [-0.15, -0.1) is 0 Å². The topological polar surface area (TPSA) is 42.4 Å². The Morgan fingerprint density at radius 3 is 2.77 bits per heavy atom. The summed E-state index contributed by atoms with van der Waals surface area (Å²) < 4.78 is 5.02. The zero-order chi connectivity index (χ0) is 15.7. The summed E-state index contributed by atoms with van der Waals surface area (Å²) in [6.45, 7) is 6.33. The van der Waals surface area contributed by atoms with E-state index < -0.39 is 5.97 Å². The van der Waals surface area contributed by atoms with E-state index in [1.165, 1.54) is 24.7 Å². The molecule has 4 nitrogen and oxygen atoms in total. The molecule has 1 saturated heterocycles. The van der Waals surface area contributed by atoms with Gasteiger partial charge in [-0.25, -0.2) is 4.79 Å². The minimum atomic E-state index is -0.428. The average Bonchev–Trinajstić information content (AvgIpc) is 3.02. The molecule has 1 aliphatic heterocycles. The molecule has 0 atom stereocenters. The van der Waals surface area contributed by atoms with Gasteiger partial charge in [0.05, 0.1) is 22.7 Å². The number of carbonyl (C=O) groups is 1. The van der Waals surface area contributed by atoms with Crippen molar-refractivity contribution in [3.8, 4) is 0 Å². The number of nitrogens with zero attached hydrogens (tertiary/aromatic N) is 2. The Morgan fingerprint density at radius 1 is 1.36 bits per heavy atom. The Morgan fingerprint density at radius 2 is 2.09 bits per heavy atom. The summed E-state index contributed by atoms with van der Waals surface area (Å²) in [6, 6.07) is 4.08. The van der Waals surface area contributed by atoms with Crippen molar-refractivity contribution in [3.05, 3.63) is 34.5 Å². The number of halogens is 1. The predicted molar refractivity (Wildman–Crippen MR) is 88.9 cm³/mol. The summed E-state index contributed by atoms with van der Waals surface area (Å²) >= 11 is 6.40. The highest BCUT2D eigenvalue weighted by atomic mass is 35.5. The number of aryl methyl sites for hydroxylation is 1. The molecule has 22 heavy (non-hydrogen) atoms. The maximum absolute atomic E-state index is 11.9. The third-order valence-electron chi connectivity index (χ3n) is 4.06. The largest absolute Gasteiger partial charge is 0.462 e. The molecule has 0 aliphatic carbocycles. The van der Waals surface area contributed by atoms with E-state index in [4.69, 9.17) is 16.3 Å². The summed E-state index contributed by atoms with van der Waals surface area (Å²) in [5.41, 5.74) is 3.49. The van der Waals surface area contributed by atoms with E-state index in [2.05, 4.69) is 22.9 Å². The Kier molecular flexibility index (Phi) is 4.21. The number of aromatic nitrogens is 1. The fraction of sp³-hybridized carbons (Fsp3) is 0.412. The van der Waals surface area contributed by atoms with Crippen molar-refractivity contribution in [2.75, 3.05) is 24.6 Å². The van der Waals surface area contributed by atoms with Gasteiger partial charge in [-0.3, -0.25) is 4.98 Å². The van der Waals surface area contributed by atoms with E-state index in [1.54, 1.807) is 6.92 Å². The van der Waals surface area contributed by atoms with Gasteiger partial charge < -0.3 is 9.64 Å². The summed E-state index contributed by atoms with van der Waals surface area (Å²) in [5, 5.41) is 1.21. The number of pyridine rings is 1. The van der Waals surface area contributed by atoms with E-state index in [-0.39, 0.29) is 0 Å². The number of hydrogen-bond donors (Lipinski definition) is 0. The highest BCUT2D eigenvalue weighted by Gasteiger charge is 2.19. The zero-order valence-electron chi connectivity index (χ0n) is 12.9. The summed E-state index contributed by atoms with van der Waals surface area (Å²) in [5.74, 6) is -0.428. The second-order valence-electron chi connectivity index (χ2n) is 5.56. The molecule has 2 heterocycles. The van der Waals surface area contributed by atoms with Gasteiger partial charge >= 0.3 is 5.97 Å². The Balaban J connectivity index is 2.08. The smallest absolute Gasteiger partial charge is 0.341 e. The summed E-state index contributed by atoms with van der Waals surface area (Å²) in [4.78, 5) is 18.7. The first-order valence-electron chi connectivity index (χ1n) is 7.62. The second kappa shape index (κ2) is 6.13. The molecule has 0 spiro atoms. The molecule has 0 radical (unpaired) electrons. The van der Waals surface area contributed by atoms with Crippen molar-refractivity contribution in [1.82, 2.24) is 4.98 Å². The lowest BCUT2D eigenvalue weighted by atomic mass is 10.1. The number of hydrogen-bond acceptors (Lipinski definition) is 4. The number of fused-ring (bicyclic) bond motifs is 1. The number of ether oxygens (including phenoxy) is 1. The fourth-order valence-electron chi connectivity index (χ4n) is 2.95. The van der Waals surface area contributed by atoms with Crippen LogP contribution in [0, 0.1) is 6.92 Å². The van der Waals surface area contributed by atoms with Crippen molar-refractivity contribution in [1.29, 1.82) is 0 Å². The van der Waals surface area contributed by atoms with Crippen LogP contribution in [0.15, 0.2) is 18.3 Å². The molecule has 3 rings (SSSR count). The molecule has 5 heteroatoms. The number of benzene rings is 1. The third kappa shape index (κ3) is 2.63. The molecule has 0 N–H and O–H groups in total. The molecule has 0 unspecified atom stereocenters. The molecular weight excluding hydrogens is 300 g/mol. The number of esters is 1. The van der Waals surface area contributed by atoms with Crippen LogP contribution in [0.3, 0.4) is 0 Å².